The Bertz CT molecular complexity index is 631. The summed E-state index contributed by atoms with van der Waals surface area (Å²) in [5.41, 5.74) is 1.44. The van der Waals surface area contributed by atoms with E-state index in [-0.39, 0.29) is 6.09 Å². The summed E-state index contributed by atoms with van der Waals surface area (Å²) in [6.07, 6.45) is 2.95. The van der Waals surface area contributed by atoms with E-state index in [1.54, 1.807) is 4.90 Å². The van der Waals surface area contributed by atoms with Gasteiger partial charge in [-0.3, -0.25) is 5.32 Å². The van der Waals surface area contributed by atoms with Gasteiger partial charge in [-0.2, -0.15) is 0 Å². The Labute approximate surface area is 162 Å². The van der Waals surface area contributed by atoms with Crippen LogP contribution in [-0.2, 0) is 9.47 Å². The lowest BCUT2D eigenvalue weighted by molar-refractivity contribution is 0.0205. The molecule has 0 spiro atoms. The third kappa shape index (κ3) is 7.12. The zero-order chi connectivity index (χ0) is 19.9. The van der Waals surface area contributed by atoms with Crippen molar-refractivity contribution in [3.05, 3.63) is 29.8 Å². The lowest BCUT2D eigenvalue weighted by Crippen LogP contribution is -2.41. The molecule has 6 heteroatoms. The van der Waals surface area contributed by atoms with Gasteiger partial charge in [0.05, 0.1) is 6.61 Å². The van der Waals surface area contributed by atoms with Gasteiger partial charge in [-0.25, -0.2) is 9.59 Å². The zero-order valence-electron chi connectivity index (χ0n) is 16.9. The molecule has 1 aliphatic heterocycles. The Balaban J connectivity index is 1.87. The van der Waals surface area contributed by atoms with Crippen LogP contribution >= 0.6 is 0 Å². The molecule has 0 aliphatic carbocycles. The predicted octanol–water partition coefficient (Wildman–Crippen LogP) is 5.15. The number of ether oxygens (including phenoxy) is 2. The van der Waals surface area contributed by atoms with Crippen molar-refractivity contribution in [2.75, 3.05) is 25.0 Å². The van der Waals surface area contributed by atoms with Gasteiger partial charge in [0.2, 0.25) is 0 Å². The standard InChI is InChI=1S/C21H32N2O4/c1-5-6-14-26-19(24)22-18-9-7-8-17(15-18)16-10-12-23(13-11-16)20(25)27-21(2,3)4/h7-9,15-16H,5-6,10-14H2,1-4H3,(H,22,24). The number of nitrogens with zero attached hydrogens (tertiary/aromatic N) is 1. The van der Waals surface area contributed by atoms with Gasteiger partial charge in [-0.15, -0.1) is 0 Å². The fourth-order valence-electron chi connectivity index (χ4n) is 3.06. The number of anilines is 1. The highest BCUT2D eigenvalue weighted by atomic mass is 16.6. The molecule has 27 heavy (non-hydrogen) atoms. The zero-order valence-corrected chi connectivity index (χ0v) is 16.9. The Morgan fingerprint density at radius 2 is 1.93 bits per heavy atom. The molecule has 0 radical (unpaired) electrons. The van der Waals surface area contributed by atoms with Crippen LogP contribution in [0.5, 0.6) is 0 Å². The highest BCUT2D eigenvalue weighted by molar-refractivity contribution is 5.84. The first-order valence-corrected chi connectivity index (χ1v) is 9.80. The van der Waals surface area contributed by atoms with Gasteiger partial charge < -0.3 is 14.4 Å². The molecule has 2 rings (SSSR count). The Morgan fingerprint density at radius 1 is 1.22 bits per heavy atom. The van der Waals surface area contributed by atoms with Crippen molar-refractivity contribution in [2.45, 2.75) is 64.9 Å². The minimum atomic E-state index is -0.473. The molecule has 1 heterocycles. The fourth-order valence-corrected chi connectivity index (χ4v) is 3.06. The topological polar surface area (TPSA) is 67.9 Å². The average Bonchev–Trinajstić information content (AvgIpc) is 2.61. The quantitative estimate of drug-likeness (QED) is 0.722. The summed E-state index contributed by atoms with van der Waals surface area (Å²) in [5.74, 6) is 0.363. The SMILES string of the molecule is CCCCOC(=O)Nc1cccc(C2CCN(C(=O)OC(C)(C)C)CC2)c1. The summed E-state index contributed by atoms with van der Waals surface area (Å²) in [5, 5.41) is 2.79. The summed E-state index contributed by atoms with van der Waals surface area (Å²) in [4.78, 5) is 25.8. The van der Waals surface area contributed by atoms with Gasteiger partial charge in [-0.1, -0.05) is 25.5 Å². The number of benzene rings is 1. The van der Waals surface area contributed by atoms with E-state index in [9.17, 15) is 9.59 Å². The lowest BCUT2D eigenvalue weighted by atomic mass is 9.89. The lowest BCUT2D eigenvalue weighted by Gasteiger charge is -2.33. The number of unbranched alkanes of at least 4 members (excludes halogenated alkanes) is 1. The molecule has 1 saturated heterocycles. The van der Waals surface area contributed by atoms with Crippen LogP contribution in [0.15, 0.2) is 24.3 Å². The number of hydrogen-bond acceptors (Lipinski definition) is 4. The molecule has 6 nitrogen and oxygen atoms in total. The van der Waals surface area contributed by atoms with Gasteiger partial charge in [-0.05, 0) is 63.6 Å². The first-order valence-electron chi connectivity index (χ1n) is 9.80. The van der Waals surface area contributed by atoms with E-state index in [4.69, 9.17) is 9.47 Å². The second-order valence-electron chi connectivity index (χ2n) is 7.98. The number of likely N-dealkylation sites (tertiary alicyclic amines) is 1. The maximum absolute atomic E-state index is 12.2. The molecule has 0 unspecified atom stereocenters. The van der Waals surface area contributed by atoms with E-state index >= 15 is 0 Å². The first kappa shape index (κ1) is 21.1. The predicted molar refractivity (Wildman–Crippen MR) is 106 cm³/mol. The molecular weight excluding hydrogens is 344 g/mol. The van der Waals surface area contributed by atoms with Crippen LogP contribution < -0.4 is 5.32 Å². The fraction of sp³-hybridized carbons (Fsp3) is 0.619. The van der Waals surface area contributed by atoms with E-state index in [1.165, 1.54) is 5.56 Å². The summed E-state index contributed by atoms with van der Waals surface area (Å²) >= 11 is 0. The Kier molecular flexibility index (Phi) is 7.51. The summed E-state index contributed by atoms with van der Waals surface area (Å²) in [7, 11) is 0. The number of carbonyl (C=O) groups is 2. The molecule has 0 bridgehead atoms. The second-order valence-corrected chi connectivity index (χ2v) is 7.98. The molecule has 0 aromatic heterocycles. The normalized spacial score (nSPS) is 15.3. The van der Waals surface area contributed by atoms with Crippen LogP contribution in [0.4, 0.5) is 15.3 Å². The molecule has 1 aromatic rings. The molecule has 1 N–H and O–H groups in total. The second kappa shape index (κ2) is 9.62. The number of amides is 2. The highest BCUT2D eigenvalue weighted by Gasteiger charge is 2.27. The maximum atomic E-state index is 12.2. The largest absolute Gasteiger partial charge is 0.449 e. The molecule has 150 valence electrons. The summed E-state index contributed by atoms with van der Waals surface area (Å²) in [6.45, 7) is 9.48. The van der Waals surface area contributed by atoms with E-state index in [2.05, 4.69) is 18.3 Å². The average molecular weight is 376 g/mol. The van der Waals surface area contributed by atoms with Gasteiger partial charge in [0, 0.05) is 18.8 Å². The van der Waals surface area contributed by atoms with Crippen LogP contribution in [0.25, 0.3) is 0 Å². The van der Waals surface area contributed by atoms with Gasteiger partial charge in [0.15, 0.2) is 0 Å². The van der Waals surface area contributed by atoms with E-state index in [1.807, 2.05) is 39.0 Å². The van der Waals surface area contributed by atoms with Crippen LogP contribution in [0.1, 0.15) is 64.9 Å². The molecule has 1 fully saturated rings. The summed E-state index contributed by atoms with van der Waals surface area (Å²) in [6, 6.07) is 7.87. The first-order chi connectivity index (χ1) is 12.8. The van der Waals surface area contributed by atoms with Crippen LogP contribution in [0.3, 0.4) is 0 Å². The molecule has 2 amide bonds. The number of piperidine rings is 1. The number of carbonyl (C=O) groups excluding carboxylic acids is 2. The van der Waals surface area contributed by atoms with Crippen molar-refractivity contribution >= 4 is 17.9 Å². The summed E-state index contributed by atoms with van der Waals surface area (Å²) < 4.78 is 10.6. The van der Waals surface area contributed by atoms with Crippen molar-refractivity contribution in [1.82, 2.24) is 4.90 Å². The Hall–Kier alpha value is -2.24. The molecule has 1 aliphatic rings. The van der Waals surface area contributed by atoms with Gasteiger partial charge in [0.25, 0.3) is 0 Å². The minimum Gasteiger partial charge on any atom is -0.449 e. The van der Waals surface area contributed by atoms with E-state index in [0.717, 1.165) is 31.4 Å². The molecule has 0 saturated carbocycles. The minimum absolute atomic E-state index is 0.244. The van der Waals surface area contributed by atoms with Crippen LogP contribution in [-0.4, -0.2) is 42.4 Å². The van der Waals surface area contributed by atoms with E-state index < -0.39 is 11.7 Å². The van der Waals surface area contributed by atoms with Crippen molar-refractivity contribution in [1.29, 1.82) is 0 Å². The molecular formula is C21H32N2O4. The van der Waals surface area contributed by atoms with Gasteiger partial charge >= 0.3 is 12.2 Å². The van der Waals surface area contributed by atoms with Crippen molar-refractivity contribution < 1.29 is 19.1 Å². The molecule has 0 atom stereocenters. The maximum Gasteiger partial charge on any atom is 0.411 e. The Morgan fingerprint density at radius 3 is 2.56 bits per heavy atom. The monoisotopic (exact) mass is 376 g/mol. The van der Waals surface area contributed by atoms with E-state index in [0.29, 0.717) is 25.6 Å². The van der Waals surface area contributed by atoms with Crippen LogP contribution in [0, 0.1) is 0 Å². The van der Waals surface area contributed by atoms with Crippen molar-refractivity contribution in [3.63, 3.8) is 0 Å². The van der Waals surface area contributed by atoms with Crippen molar-refractivity contribution in [3.8, 4) is 0 Å². The highest BCUT2D eigenvalue weighted by Crippen LogP contribution is 2.30. The third-order valence-corrected chi connectivity index (χ3v) is 4.48. The van der Waals surface area contributed by atoms with Crippen LogP contribution in [0.2, 0.25) is 0 Å². The number of hydrogen-bond donors (Lipinski definition) is 1. The van der Waals surface area contributed by atoms with Gasteiger partial charge in [0.1, 0.15) is 5.60 Å². The van der Waals surface area contributed by atoms with Crippen molar-refractivity contribution in [2.24, 2.45) is 0 Å². The number of rotatable bonds is 5. The number of nitrogens with one attached hydrogen (secondary N) is 1. The molecule has 1 aromatic carbocycles. The smallest absolute Gasteiger partial charge is 0.411 e. The third-order valence-electron chi connectivity index (χ3n) is 4.48.